The van der Waals surface area contributed by atoms with Gasteiger partial charge in [0.15, 0.2) is 0 Å². The summed E-state index contributed by atoms with van der Waals surface area (Å²) in [5.41, 5.74) is 0. The van der Waals surface area contributed by atoms with Crippen LogP contribution in [0.5, 0.6) is 0 Å². The van der Waals surface area contributed by atoms with Crippen LogP contribution in [-0.2, 0) is 19.3 Å². The highest BCUT2D eigenvalue weighted by Gasteiger charge is 2.47. The van der Waals surface area contributed by atoms with E-state index in [9.17, 15) is 4.79 Å². The Morgan fingerprint density at radius 2 is 2.12 bits per heavy atom. The van der Waals surface area contributed by atoms with Gasteiger partial charge in [-0.15, -0.1) is 0 Å². The number of esters is 1. The van der Waals surface area contributed by atoms with Gasteiger partial charge in [-0.25, -0.2) is 0 Å². The van der Waals surface area contributed by atoms with Gasteiger partial charge in [0, 0.05) is 0 Å². The van der Waals surface area contributed by atoms with Crippen molar-refractivity contribution in [1.29, 1.82) is 5.26 Å². The molecule has 0 bridgehead atoms. The van der Waals surface area contributed by atoms with Crippen LogP contribution < -0.4 is 0 Å². The van der Waals surface area contributed by atoms with Crippen LogP contribution in [0.4, 0.5) is 0 Å². The van der Waals surface area contributed by atoms with Crippen molar-refractivity contribution in [3.05, 3.63) is 0 Å². The van der Waals surface area contributed by atoms with Crippen LogP contribution in [0.2, 0.25) is 0 Å². The molecule has 16 heavy (non-hydrogen) atoms. The van der Waals surface area contributed by atoms with Crippen molar-refractivity contribution in [3.8, 4) is 6.07 Å². The van der Waals surface area contributed by atoms with Gasteiger partial charge < -0.3 is 4.74 Å². The Bertz CT molecular complexity index is 280. The minimum absolute atomic E-state index is 0.294. The summed E-state index contributed by atoms with van der Waals surface area (Å²) < 4.78 is 4.92. The van der Waals surface area contributed by atoms with Crippen molar-refractivity contribution in [2.45, 2.75) is 33.5 Å². The Morgan fingerprint density at radius 1 is 1.50 bits per heavy atom. The molecule has 90 valence electrons. The fraction of sp³-hybridized carbons (Fsp3) is 0.818. The molecule has 1 unspecified atom stereocenters. The number of nitrogens with zero attached hydrogens (tertiary/aromatic N) is 1. The largest absolute Gasteiger partial charge is 0.466 e. The van der Waals surface area contributed by atoms with Crippen molar-refractivity contribution in [2.75, 3.05) is 6.61 Å². The van der Waals surface area contributed by atoms with Crippen LogP contribution >= 0.6 is 0 Å². The van der Waals surface area contributed by atoms with E-state index in [0.29, 0.717) is 18.9 Å². The van der Waals surface area contributed by atoms with Crippen molar-refractivity contribution in [2.24, 2.45) is 17.8 Å². The predicted octanol–water partition coefficient (Wildman–Crippen LogP) is 1.64. The molecule has 0 aromatic rings. The summed E-state index contributed by atoms with van der Waals surface area (Å²) in [4.78, 5) is 21.0. The molecule has 0 N–H and O–H groups in total. The van der Waals surface area contributed by atoms with Gasteiger partial charge in [-0.3, -0.25) is 4.79 Å². The minimum Gasteiger partial charge on any atom is -0.466 e. The molecule has 0 aromatic carbocycles. The molecule has 0 spiro atoms. The number of carbonyl (C=O) groups excluding carboxylic acids is 1. The first-order chi connectivity index (χ1) is 7.60. The fourth-order valence-corrected chi connectivity index (χ4v) is 1.64. The quantitative estimate of drug-likeness (QED) is 0.391. The summed E-state index contributed by atoms with van der Waals surface area (Å²) in [5.74, 6) is -1.14. The lowest BCUT2D eigenvalue weighted by Gasteiger charge is -2.18. The Hall–Kier alpha value is -1.12. The SMILES string of the molecule is CCOC(=O)C(C1OO1)[C@@H](C#N)CC(C)C. The van der Waals surface area contributed by atoms with Gasteiger partial charge in [0.1, 0.15) is 5.92 Å². The molecule has 0 aliphatic carbocycles. The number of carbonyl (C=O) groups is 1. The molecule has 1 aliphatic heterocycles. The van der Waals surface area contributed by atoms with E-state index in [1.54, 1.807) is 6.92 Å². The molecule has 0 aromatic heterocycles. The zero-order valence-corrected chi connectivity index (χ0v) is 9.80. The molecule has 1 heterocycles. The summed E-state index contributed by atoms with van der Waals surface area (Å²) in [7, 11) is 0. The zero-order chi connectivity index (χ0) is 12.1. The normalized spacial score (nSPS) is 18.9. The molecule has 2 atom stereocenters. The third kappa shape index (κ3) is 3.47. The summed E-state index contributed by atoms with van der Waals surface area (Å²) in [6.07, 6.45) is 0.0193. The molecular weight excluding hydrogens is 210 g/mol. The first-order valence-electron chi connectivity index (χ1n) is 5.48. The smallest absolute Gasteiger partial charge is 0.315 e. The summed E-state index contributed by atoms with van der Waals surface area (Å²) in [6.45, 7) is 6.03. The highest BCUT2D eigenvalue weighted by Crippen LogP contribution is 2.32. The van der Waals surface area contributed by atoms with Crippen LogP contribution in [0.25, 0.3) is 0 Å². The molecule has 1 saturated heterocycles. The third-order valence-corrected chi connectivity index (χ3v) is 2.38. The van der Waals surface area contributed by atoms with E-state index in [0.717, 1.165) is 0 Å². The van der Waals surface area contributed by atoms with Gasteiger partial charge in [0.05, 0.1) is 18.6 Å². The van der Waals surface area contributed by atoms with E-state index in [2.05, 4.69) is 15.8 Å². The highest BCUT2D eigenvalue weighted by molar-refractivity contribution is 5.74. The lowest BCUT2D eigenvalue weighted by Crippen LogP contribution is -2.30. The summed E-state index contributed by atoms with van der Waals surface area (Å²) >= 11 is 0. The van der Waals surface area contributed by atoms with Gasteiger partial charge in [0.25, 0.3) is 0 Å². The van der Waals surface area contributed by atoms with Gasteiger partial charge in [-0.1, -0.05) is 13.8 Å². The molecule has 5 nitrogen and oxygen atoms in total. The molecule has 0 radical (unpaired) electrons. The van der Waals surface area contributed by atoms with Crippen LogP contribution in [0.3, 0.4) is 0 Å². The van der Waals surface area contributed by atoms with E-state index in [-0.39, 0.29) is 0 Å². The van der Waals surface area contributed by atoms with E-state index in [1.165, 1.54) is 0 Å². The number of hydrogen-bond donors (Lipinski definition) is 0. The Morgan fingerprint density at radius 3 is 2.50 bits per heavy atom. The standard InChI is InChI=1S/C11H17NO4/c1-4-14-10(13)9(11-15-16-11)8(6-12)5-7(2)3/h7-9,11H,4-5H2,1-3H3/t8-,9?/m1/s1. The fourth-order valence-electron chi connectivity index (χ4n) is 1.64. The topological polar surface area (TPSA) is 75.2 Å². The Kier molecular flexibility index (Phi) is 4.71. The van der Waals surface area contributed by atoms with Gasteiger partial charge in [-0.05, 0) is 19.3 Å². The molecule has 1 fully saturated rings. The van der Waals surface area contributed by atoms with Crippen molar-refractivity contribution < 1.29 is 19.3 Å². The van der Waals surface area contributed by atoms with E-state index >= 15 is 0 Å². The maximum Gasteiger partial charge on any atom is 0.315 e. The second kappa shape index (κ2) is 5.83. The Labute approximate surface area is 95.2 Å². The number of rotatable bonds is 6. The first kappa shape index (κ1) is 12.9. The molecule has 5 heteroatoms. The molecular formula is C11H17NO4. The summed E-state index contributed by atoms with van der Waals surface area (Å²) in [6, 6.07) is 2.13. The van der Waals surface area contributed by atoms with E-state index < -0.39 is 24.1 Å². The van der Waals surface area contributed by atoms with Crippen molar-refractivity contribution in [1.82, 2.24) is 0 Å². The summed E-state index contributed by atoms with van der Waals surface area (Å²) in [5, 5.41) is 9.07. The molecule has 0 saturated carbocycles. The minimum atomic E-state index is -0.632. The second-order valence-electron chi connectivity index (χ2n) is 4.20. The average molecular weight is 227 g/mol. The maximum absolute atomic E-state index is 11.7. The second-order valence-corrected chi connectivity index (χ2v) is 4.20. The van der Waals surface area contributed by atoms with Gasteiger partial charge in [0.2, 0.25) is 6.29 Å². The van der Waals surface area contributed by atoms with Crippen LogP contribution in [0.1, 0.15) is 27.2 Å². The zero-order valence-electron chi connectivity index (χ0n) is 9.80. The van der Waals surface area contributed by atoms with Crippen LogP contribution in [0, 0.1) is 29.1 Å². The van der Waals surface area contributed by atoms with Crippen LogP contribution in [-0.4, -0.2) is 18.9 Å². The van der Waals surface area contributed by atoms with Gasteiger partial charge >= 0.3 is 5.97 Å². The number of ether oxygens (including phenoxy) is 1. The van der Waals surface area contributed by atoms with E-state index in [4.69, 9.17) is 10.00 Å². The van der Waals surface area contributed by atoms with Crippen LogP contribution in [0.15, 0.2) is 0 Å². The first-order valence-corrected chi connectivity index (χ1v) is 5.48. The highest BCUT2D eigenvalue weighted by atomic mass is 17.4. The monoisotopic (exact) mass is 227 g/mol. The van der Waals surface area contributed by atoms with Crippen molar-refractivity contribution in [3.63, 3.8) is 0 Å². The van der Waals surface area contributed by atoms with Gasteiger partial charge in [-0.2, -0.15) is 15.0 Å². The predicted molar refractivity (Wildman–Crippen MR) is 54.6 cm³/mol. The lowest BCUT2D eigenvalue weighted by atomic mass is 9.86. The number of hydrogen-bond acceptors (Lipinski definition) is 5. The van der Waals surface area contributed by atoms with E-state index in [1.807, 2.05) is 13.8 Å². The molecule has 1 aliphatic rings. The Balaban J connectivity index is 2.67. The third-order valence-electron chi connectivity index (χ3n) is 2.38. The van der Waals surface area contributed by atoms with Crippen molar-refractivity contribution >= 4 is 5.97 Å². The maximum atomic E-state index is 11.7. The molecule has 1 rings (SSSR count). The number of nitriles is 1. The average Bonchev–Trinajstić information content (AvgIpc) is 3.00. The lowest BCUT2D eigenvalue weighted by molar-refractivity contribution is -0.150. The molecule has 0 amide bonds.